The second kappa shape index (κ2) is 5.21. The number of hydrogen-bond acceptors (Lipinski definition) is 4. The van der Waals surface area contributed by atoms with Crippen LogP contribution in [-0.2, 0) is 9.59 Å². The summed E-state index contributed by atoms with van der Waals surface area (Å²) in [5.74, 6) is -1.08. The molecule has 2 heterocycles. The van der Waals surface area contributed by atoms with Crippen molar-refractivity contribution in [2.45, 2.75) is 44.9 Å². The lowest BCUT2D eigenvalue weighted by atomic mass is 9.94. The van der Waals surface area contributed by atoms with Crippen molar-refractivity contribution in [3.8, 4) is 0 Å². The molecule has 1 fully saturated rings. The number of nitrogens with one attached hydrogen (secondary N) is 1. The Bertz CT molecular complexity index is 668. The van der Waals surface area contributed by atoms with E-state index in [4.69, 9.17) is 0 Å². The maximum atomic E-state index is 12.6. The van der Waals surface area contributed by atoms with Gasteiger partial charge in [-0.25, -0.2) is 0 Å². The van der Waals surface area contributed by atoms with Crippen LogP contribution in [0.5, 0.6) is 0 Å². The molecule has 3 rings (SSSR count). The van der Waals surface area contributed by atoms with Gasteiger partial charge < -0.3 is 5.11 Å². The minimum absolute atomic E-state index is 0.152. The number of piperidine rings is 1. The van der Waals surface area contributed by atoms with Crippen LogP contribution < -0.4 is 5.32 Å². The summed E-state index contributed by atoms with van der Waals surface area (Å²) in [6.45, 7) is 3.98. The van der Waals surface area contributed by atoms with Crippen molar-refractivity contribution >= 4 is 17.7 Å². The van der Waals surface area contributed by atoms with Crippen molar-refractivity contribution in [1.29, 1.82) is 0 Å². The van der Waals surface area contributed by atoms with E-state index in [-0.39, 0.29) is 30.6 Å². The highest BCUT2D eigenvalue weighted by Gasteiger charge is 2.45. The Hall–Kier alpha value is -2.21. The van der Waals surface area contributed by atoms with Crippen molar-refractivity contribution in [3.05, 3.63) is 34.9 Å². The normalized spacial score (nSPS) is 24.7. The van der Waals surface area contributed by atoms with Crippen molar-refractivity contribution in [2.24, 2.45) is 0 Å². The molecule has 2 aliphatic rings. The van der Waals surface area contributed by atoms with Crippen molar-refractivity contribution in [3.63, 3.8) is 0 Å². The van der Waals surface area contributed by atoms with Gasteiger partial charge in [0.05, 0.1) is 0 Å². The predicted octanol–water partition coefficient (Wildman–Crippen LogP) is 1.06. The first kappa shape index (κ1) is 14.7. The Kier molecular flexibility index (Phi) is 3.48. The molecule has 2 unspecified atom stereocenters. The molecule has 0 saturated carbocycles. The Balaban J connectivity index is 2.00. The average Bonchev–Trinajstić information content (AvgIpc) is 2.72. The Morgan fingerprint density at radius 3 is 2.64 bits per heavy atom. The fraction of sp³-hybridized carbons (Fsp3) is 0.438. The van der Waals surface area contributed by atoms with Crippen LogP contribution in [0.25, 0.3) is 0 Å². The van der Waals surface area contributed by atoms with Crippen LogP contribution in [0.1, 0.15) is 60.3 Å². The van der Waals surface area contributed by atoms with Gasteiger partial charge in [-0.05, 0) is 24.0 Å². The molecular weight excluding hydrogens is 284 g/mol. The lowest BCUT2D eigenvalue weighted by molar-refractivity contribution is -0.139. The number of nitrogens with zero attached hydrogens (tertiary/aromatic N) is 1. The van der Waals surface area contributed by atoms with E-state index in [0.29, 0.717) is 11.1 Å². The third-order valence-electron chi connectivity index (χ3n) is 4.29. The third kappa shape index (κ3) is 2.11. The van der Waals surface area contributed by atoms with E-state index in [0.717, 1.165) is 5.56 Å². The summed E-state index contributed by atoms with van der Waals surface area (Å²) in [5, 5.41) is 12.8. The van der Waals surface area contributed by atoms with Gasteiger partial charge in [-0.1, -0.05) is 26.0 Å². The molecule has 1 saturated heterocycles. The number of aliphatic hydroxyl groups is 1. The van der Waals surface area contributed by atoms with E-state index in [1.165, 1.54) is 4.90 Å². The summed E-state index contributed by atoms with van der Waals surface area (Å²) in [6.07, 6.45) is -0.747. The molecule has 22 heavy (non-hydrogen) atoms. The van der Waals surface area contributed by atoms with Crippen molar-refractivity contribution in [1.82, 2.24) is 10.2 Å². The second-order valence-electron chi connectivity index (χ2n) is 6.02. The third-order valence-corrected chi connectivity index (χ3v) is 4.29. The molecule has 6 heteroatoms. The van der Waals surface area contributed by atoms with Gasteiger partial charge in [-0.15, -0.1) is 0 Å². The first-order chi connectivity index (χ1) is 10.4. The van der Waals surface area contributed by atoms with E-state index in [9.17, 15) is 19.5 Å². The largest absolute Gasteiger partial charge is 0.369 e. The SMILES string of the molecule is CC(C)c1cccc2c1C(O)N(C1CCC(=O)NC1=O)C2=O. The molecule has 116 valence electrons. The number of amides is 3. The minimum atomic E-state index is -1.15. The van der Waals surface area contributed by atoms with Gasteiger partial charge >= 0.3 is 0 Å². The number of hydrogen-bond donors (Lipinski definition) is 2. The zero-order valence-corrected chi connectivity index (χ0v) is 12.5. The minimum Gasteiger partial charge on any atom is -0.369 e. The molecule has 2 N–H and O–H groups in total. The van der Waals surface area contributed by atoms with E-state index < -0.39 is 18.2 Å². The topological polar surface area (TPSA) is 86.7 Å². The van der Waals surface area contributed by atoms with Crippen LogP contribution in [0.4, 0.5) is 0 Å². The monoisotopic (exact) mass is 302 g/mol. The smallest absolute Gasteiger partial charge is 0.257 e. The Morgan fingerprint density at radius 2 is 2.00 bits per heavy atom. The summed E-state index contributed by atoms with van der Waals surface area (Å²) in [5.41, 5.74) is 1.91. The molecule has 0 spiro atoms. The number of carbonyl (C=O) groups excluding carboxylic acids is 3. The van der Waals surface area contributed by atoms with Crippen molar-refractivity contribution in [2.75, 3.05) is 0 Å². The molecule has 0 bridgehead atoms. The van der Waals surface area contributed by atoms with Gasteiger partial charge in [0.2, 0.25) is 11.8 Å². The number of rotatable bonds is 2. The molecular formula is C16H18N2O4. The van der Waals surface area contributed by atoms with Gasteiger partial charge in [-0.2, -0.15) is 0 Å². The lowest BCUT2D eigenvalue weighted by Crippen LogP contribution is -2.53. The standard InChI is InChI=1S/C16H18N2O4/c1-8(2)9-4-3-5-10-13(9)16(22)18(15(10)21)11-6-7-12(19)17-14(11)20/h3-5,8,11,16,22H,6-7H2,1-2H3,(H,17,19,20). The highest BCUT2D eigenvalue weighted by molar-refractivity contribution is 6.05. The quantitative estimate of drug-likeness (QED) is 0.800. The van der Waals surface area contributed by atoms with Crippen LogP contribution >= 0.6 is 0 Å². The fourth-order valence-electron chi connectivity index (χ4n) is 3.21. The van der Waals surface area contributed by atoms with Crippen molar-refractivity contribution < 1.29 is 19.5 Å². The van der Waals surface area contributed by atoms with E-state index in [1.807, 2.05) is 19.9 Å². The average molecular weight is 302 g/mol. The number of imide groups is 1. The highest BCUT2D eigenvalue weighted by Crippen LogP contribution is 2.39. The van der Waals surface area contributed by atoms with E-state index in [2.05, 4.69) is 5.32 Å². The zero-order valence-electron chi connectivity index (χ0n) is 12.5. The number of fused-ring (bicyclic) bond motifs is 1. The van der Waals surface area contributed by atoms with Gasteiger partial charge in [0.15, 0.2) is 6.23 Å². The Labute approximate surface area is 128 Å². The number of aliphatic hydroxyl groups excluding tert-OH is 1. The molecule has 1 aromatic rings. The molecule has 0 aliphatic carbocycles. The van der Waals surface area contributed by atoms with Crippen LogP contribution in [0.2, 0.25) is 0 Å². The fourth-order valence-corrected chi connectivity index (χ4v) is 3.21. The van der Waals surface area contributed by atoms with Crippen LogP contribution in [0, 0.1) is 0 Å². The van der Waals surface area contributed by atoms with Gasteiger partial charge in [0.25, 0.3) is 5.91 Å². The maximum absolute atomic E-state index is 12.6. The lowest BCUT2D eigenvalue weighted by Gasteiger charge is -2.32. The van der Waals surface area contributed by atoms with Crippen LogP contribution in [0.15, 0.2) is 18.2 Å². The molecule has 3 amide bonds. The second-order valence-corrected chi connectivity index (χ2v) is 6.02. The molecule has 2 atom stereocenters. The van der Waals surface area contributed by atoms with E-state index >= 15 is 0 Å². The van der Waals surface area contributed by atoms with Crippen LogP contribution in [0.3, 0.4) is 0 Å². The number of carbonyl (C=O) groups is 3. The van der Waals surface area contributed by atoms with Crippen LogP contribution in [-0.4, -0.2) is 33.8 Å². The van der Waals surface area contributed by atoms with Gasteiger partial charge in [-0.3, -0.25) is 24.6 Å². The maximum Gasteiger partial charge on any atom is 0.257 e. The number of benzene rings is 1. The molecule has 2 aliphatic heterocycles. The zero-order chi connectivity index (χ0) is 16.0. The molecule has 0 aromatic heterocycles. The summed E-state index contributed by atoms with van der Waals surface area (Å²) in [4.78, 5) is 37.1. The summed E-state index contributed by atoms with van der Waals surface area (Å²) < 4.78 is 0. The van der Waals surface area contributed by atoms with Gasteiger partial charge in [0.1, 0.15) is 6.04 Å². The highest BCUT2D eigenvalue weighted by atomic mass is 16.3. The summed E-state index contributed by atoms with van der Waals surface area (Å²) in [6, 6.07) is 4.52. The van der Waals surface area contributed by atoms with Gasteiger partial charge in [0, 0.05) is 17.5 Å². The molecule has 1 aromatic carbocycles. The first-order valence-corrected chi connectivity index (χ1v) is 7.39. The predicted molar refractivity (Wildman–Crippen MR) is 77.8 cm³/mol. The first-order valence-electron chi connectivity index (χ1n) is 7.39. The summed E-state index contributed by atoms with van der Waals surface area (Å²) >= 11 is 0. The summed E-state index contributed by atoms with van der Waals surface area (Å²) in [7, 11) is 0. The Morgan fingerprint density at radius 1 is 1.27 bits per heavy atom. The molecule has 6 nitrogen and oxygen atoms in total. The van der Waals surface area contributed by atoms with E-state index in [1.54, 1.807) is 12.1 Å². The molecule has 0 radical (unpaired) electrons.